The second-order valence-electron chi connectivity index (χ2n) is 4.66. The Hall–Kier alpha value is -0.150. The van der Waals surface area contributed by atoms with Gasteiger partial charge in [0.2, 0.25) is 0 Å². The topological polar surface area (TPSA) is 20.2 Å². The van der Waals surface area contributed by atoms with Crippen LogP contribution >= 0.6 is 29.6 Å². The van der Waals surface area contributed by atoms with Gasteiger partial charge in [0, 0.05) is 5.25 Å². The highest BCUT2D eigenvalue weighted by molar-refractivity contribution is 8.93. The number of phenolic OH excluding ortho intramolecular Hbond substituents is 1. The van der Waals surface area contributed by atoms with Crippen molar-refractivity contribution in [2.45, 2.75) is 57.1 Å². The summed E-state index contributed by atoms with van der Waals surface area (Å²) in [6.45, 7) is 2.24. The zero-order valence-electron chi connectivity index (χ0n) is 11.1. The quantitative estimate of drug-likeness (QED) is 0.462. The Morgan fingerprint density at radius 2 is 1.56 bits per heavy atom. The van der Waals surface area contributed by atoms with Gasteiger partial charge >= 0.3 is 0 Å². The van der Waals surface area contributed by atoms with Crippen LogP contribution in [0.3, 0.4) is 0 Å². The minimum atomic E-state index is 0. The molecule has 0 aliphatic rings. The molecule has 0 aliphatic heterocycles. The zero-order valence-corrected chi connectivity index (χ0v) is 13.7. The first-order valence-electron chi connectivity index (χ1n) is 6.71. The Balaban J connectivity index is 0.00000289. The third-order valence-electron chi connectivity index (χ3n) is 3.11. The fourth-order valence-corrected chi connectivity index (χ4v) is 2.34. The fourth-order valence-electron chi connectivity index (χ4n) is 1.98. The molecule has 0 bridgehead atoms. The lowest BCUT2D eigenvalue weighted by Crippen LogP contribution is -1.90. The first kappa shape index (κ1) is 17.8. The van der Waals surface area contributed by atoms with Gasteiger partial charge in [-0.05, 0) is 24.1 Å². The molecule has 0 fully saturated rings. The van der Waals surface area contributed by atoms with Gasteiger partial charge in [0.05, 0.1) is 0 Å². The largest absolute Gasteiger partial charge is 0.508 e. The summed E-state index contributed by atoms with van der Waals surface area (Å²) in [5.74, 6) is 0.328. The van der Waals surface area contributed by atoms with Crippen molar-refractivity contribution in [2.24, 2.45) is 0 Å². The molecule has 3 heteroatoms. The van der Waals surface area contributed by atoms with Crippen molar-refractivity contribution in [3.05, 3.63) is 29.8 Å². The normalized spacial score (nSPS) is 11.9. The molecule has 1 unspecified atom stereocenters. The first-order chi connectivity index (χ1) is 8.24. The molecule has 0 amide bonds. The van der Waals surface area contributed by atoms with Gasteiger partial charge in [-0.3, -0.25) is 0 Å². The maximum absolute atomic E-state index is 9.21. The van der Waals surface area contributed by atoms with Gasteiger partial charge in [-0.2, -0.15) is 12.6 Å². The molecule has 0 aliphatic carbocycles. The van der Waals surface area contributed by atoms with Crippen LogP contribution in [0.2, 0.25) is 0 Å². The lowest BCUT2D eigenvalue weighted by molar-refractivity contribution is 0.475. The maximum Gasteiger partial charge on any atom is 0.115 e. The van der Waals surface area contributed by atoms with E-state index in [0.717, 1.165) is 6.42 Å². The predicted octanol–water partition coefficient (Wildman–Crippen LogP) is 5.69. The summed E-state index contributed by atoms with van der Waals surface area (Å²) >= 11 is 4.62. The smallest absolute Gasteiger partial charge is 0.115 e. The lowest BCUT2D eigenvalue weighted by atomic mass is 10.0. The molecule has 1 aromatic carbocycles. The molecule has 0 heterocycles. The molecule has 1 atom stereocenters. The summed E-state index contributed by atoms with van der Waals surface area (Å²) in [5.41, 5.74) is 1.21. The molecule has 1 nitrogen and oxygen atoms in total. The highest BCUT2D eigenvalue weighted by Crippen LogP contribution is 2.27. The maximum atomic E-state index is 9.21. The molecule has 1 N–H and O–H groups in total. The van der Waals surface area contributed by atoms with Crippen LogP contribution in [-0.4, -0.2) is 5.11 Å². The van der Waals surface area contributed by atoms with E-state index in [4.69, 9.17) is 0 Å². The molecule has 104 valence electrons. The molecule has 18 heavy (non-hydrogen) atoms. The number of benzene rings is 1. The zero-order chi connectivity index (χ0) is 12.5. The number of unbranched alkanes of at least 4 members (excludes halogenated alkanes) is 5. The number of hydrogen-bond donors (Lipinski definition) is 2. The van der Waals surface area contributed by atoms with Crippen LogP contribution in [0, 0.1) is 0 Å². The molecule has 0 aromatic heterocycles. The lowest BCUT2D eigenvalue weighted by Gasteiger charge is -2.10. The van der Waals surface area contributed by atoms with Crippen LogP contribution in [0.5, 0.6) is 5.75 Å². The van der Waals surface area contributed by atoms with Crippen LogP contribution < -0.4 is 0 Å². The van der Waals surface area contributed by atoms with Gasteiger partial charge in [0.15, 0.2) is 0 Å². The molecular formula is C15H25BrOS. The van der Waals surface area contributed by atoms with E-state index >= 15 is 0 Å². The number of hydrogen-bond acceptors (Lipinski definition) is 2. The standard InChI is InChI=1S/C15H24OS.BrH/c1-2-3-4-5-6-7-8-15(17)13-9-11-14(16)12-10-13;/h9-12,15-17H,2-8H2,1H3;1H. The number of aromatic hydroxyl groups is 1. The van der Waals surface area contributed by atoms with E-state index in [9.17, 15) is 5.11 Å². The van der Waals surface area contributed by atoms with E-state index in [1.807, 2.05) is 12.1 Å². The third kappa shape index (κ3) is 7.32. The van der Waals surface area contributed by atoms with Crippen LogP contribution in [0.25, 0.3) is 0 Å². The van der Waals surface area contributed by atoms with Crippen molar-refractivity contribution in [3.8, 4) is 5.75 Å². The summed E-state index contributed by atoms with van der Waals surface area (Å²) in [6, 6.07) is 7.40. The summed E-state index contributed by atoms with van der Waals surface area (Å²) in [5, 5.41) is 9.52. The van der Waals surface area contributed by atoms with E-state index in [1.54, 1.807) is 12.1 Å². The van der Waals surface area contributed by atoms with Gasteiger partial charge in [0.25, 0.3) is 0 Å². The fraction of sp³-hybridized carbons (Fsp3) is 0.600. The third-order valence-corrected chi connectivity index (χ3v) is 3.67. The molecule has 1 rings (SSSR count). The summed E-state index contributed by atoms with van der Waals surface area (Å²) in [6.07, 6.45) is 9.08. The predicted molar refractivity (Wildman–Crippen MR) is 88.1 cm³/mol. The minimum Gasteiger partial charge on any atom is -0.508 e. The van der Waals surface area contributed by atoms with Crippen molar-refractivity contribution in [2.75, 3.05) is 0 Å². The molecule has 0 radical (unpaired) electrons. The highest BCUT2D eigenvalue weighted by Gasteiger charge is 2.05. The van der Waals surface area contributed by atoms with E-state index in [1.165, 1.54) is 44.1 Å². The van der Waals surface area contributed by atoms with Crippen LogP contribution in [0.4, 0.5) is 0 Å². The Morgan fingerprint density at radius 1 is 1.00 bits per heavy atom. The first-order valence-corrected chi connectivity index (χ1v) is 7.22. The average Bonchev–Trinajstić information content (AvgIpc) is 2.34. The molecule has 1 aromatic rings. The van der Waals surface area contributed by atoms with Gasteiger partial charge in [-0.15, -0.1) is 17.0 Å². The molecule has 0 spiro atoms. The molecular weight excluding hydrogens is 308 g/mol. The van der Waals surface area contributed by atoms with Crippen molar-refractivity contribution >= 4 is 29.6 Å². The van der Waals surface area contributed by atoms with Crippen molar-refractivity contribution < 1.29 is 5.11 Å². The SMILES string of the molecule is Br.CCCCCCCCC(S)c1ccc(O)cc1. The van der Waals surface area contributed by atoms with E-state index in [2.05, 4.69) is 19.6 Å². The Kier molecular flexibility index (Phi) is 10.7. The second kappa shape index (κ2) is 10.7. The van der Waals surface area contributed by atoms with E-state index in [-0.39, 0.29) is 17.0 Å². The van der Waals surface area contributed by atoms with Crippen molar-refractivity contribution in [1.82, 2.24) is 0 Å². The number of halogens is 1. The van der Waals surface area contributed by atoms with Crippen LogP contribution in [0.15, 0.2) is 24.3 Å². The minimum absolute atomic E-state index is 0. The Bertz CT molecular complexity index is 300. The second-order valence-corrected chi connectivity index (χ2v) is 5.29. The molecule has 0 saturated heterocycles. The van der Waals surface area contributed by atoms with E-state index < -0.39 is 0 Å². The summed E-state index contributed by atoms with van der Waals surface area (Å²) in [7, 11) is 0. The Morgan fingerprint density at radius 3 is 2.17 bits per heavy atom. The highest BCUT2D eigenvalue weighted by atomic mass is 79.9. The number of rotatable bonds is 8. The van der Waals surface area contributed by atoms with Crippen LogP contribution in [-0.2, 0) is 0 Å². The molecule has 0 saturated carbocycles. The number of phenols is 1. The number of thiol groups is 1. The van der Waals surface area contributed by atoms with Crippen molar-refractivity contribution in [1.29, 1.82) is 0 Å². The van der Waals surface area contributed by atoms with Gasteiger partial charge in [-0.25, -0.2) is 0 Å². The van der Waals surface area contributed by atoms with Crippen LogP contribution in [0.1, 0.15) is 62.7 Å². The van der Waals surface area contributed by atoms with Gasteiger partial charge < -0.3 is 5.11 Å². The monoisotopic (exact) mass is 332 g/mol. The van der Waals surface area contributed by atoms with E-state index in [0.29, 0.717) is 11.0 Å². The average molecular weight is 333 g/mol. The summed E-state index contributed by atoms with van der Waals surface area (Å²) < 4.78 is 0. The van der Waals surface area contributed by atoms with Crippen molar-refractivity contribution in [3.63, 3.8) is 0 Å². The Labute approximate surface area is 127 Å². The van der Waals surface area contributed by atoms with Gasteiger partial charge in [-0.1, -0.05) is 57.6 Å². The summed E-state index contributed by atoms with van der Waals surface area (Å²) in [4.78, 5) is 0. The van der Waals surface area contributed by atoms with Gasteiger partial charge in [0.1, 0.15) is 5.75 Å².